The maximum atomic E-state index is 13.2. The molecule has 1 aromatic carbocycles. The Kier molecular flexibility index (Phi) is 6.76. The minimum absolute atomic E-state index is 0.0237. The lowest BCUT2D eigenvalue weighted by Gasteiger charge is -2.39. The van der Waals surface area contributed by atoms with Crippen molar-refractivity contribution >= 4 is 23.1 Å². The quantitative estimate of drug-likeness (QED) is 0.507. The number of rotatable bonds is 5. The molecule has 0 saturated carbocycles. The van der Waals surface area contributed by atoms with Crippen molar-refractivity contribution in [2.24, 2.45) is 5.92 Å². The molecule has 2 aliphatic heterocycles. The monoisotopic (exact) mass is 452 g/mol. The van der Waals surface area contributed by atoms with Gasteiger partial charge < -0.3 is 14.7 Å². The number of aromatic nitrogens is 2. The summed E-state index contributed by atoms with van der Waals surface area (Å²) in [7, 11) is 0. The van der Waals surface area contributed by atoms with Crippen molar-refractivity contribution in [3.05, 3.63) is 52.0 Å². The van der Waals surface area contributed by atoms with Gasteiger partial charge >= 0.3 is 0 Å². The number of carbonyl (C=O) groups is 1. The number of nitrogens with zero attached hydrogens (tertiary/aromatic N) is 6. The van der Waals surface area contributed by atoms with E-state index in [0.717, 1.165) is 30.4 Å². The van der Waals surface area contributed by atoms with Crippen LogP contribution in [0.3, 0.4) is 0 Å². The van der Waals surface area contributed by atoms with Crippen LogP contribution in [-0.4, -0.2) is 65.0 Å². The molecule has 0 N–H and O–H groups in total. The van der Waals surface area contributed by atoms with E-state index in [4.69, 9.17) is 4.98 Å². The molecule has 1 amide bonds. The molecule has 0 atom stereocenters. The number of aryl methyl sites for hydroxylation is 1. The molecule has 1 aromatic heterocycles. The zero-order chi connectivity index (χ0) is 23.5. The fourth-order valence-electron chi connectivity index (χ4n) is 4.66. The van der Waals surface area contributed by atoms with Crippen LogP contribution < -0.4 is 9.80 Å². The van der Waals surface area contributed by atoms with Gasteiger partial charge in [0.25, 0.3) is 5.69 Å². The van der Waals surface area contributed by atoms with E-state index in [9.17, 15) is 14.9 Å². The Morgan fingerprint density at radius 3 is 2.33 bits per heavy atom. The number of piperidine rings is 1. The summed E-state index contributed by atoms with van der Waals surface area (Å²) in [5.41, 5.74) is 1.73. The first-order valence-electron chi connectivity index (χ1n) is 11.7. The SMILES string of the molecule is Cc1cc(N2CCN(C(=O)C3CCN(c4ccccc4[N+](=O)[O-])CC3)CC2)nc(C(C)C)n1. The average molecular weight is 453 g/mol. The van der Waals surface area contributed by atoms with Gasteiger partial charge in [-0.05, 0) is 25.8 Å². The predicted molar refractivity (Wildman–Crippen MR) is 128 cm³/mol. The van der Waals surface area contributed by atoms with Crippen molar-refractivity contribution < 1.29 is 9.72 Å². The smallest absolute Gasteiger partial charge is 0.292 e. The van der Waals surface area contributed by atoms with Crippen LogP contribution >= 0.6 is 0 Å². The first-order valence-corrected chi connectivity index (χ1v) is 11.7. The zero-order valence-corrected chi connectivity index (χ0v) is 19.6. The summed E-state index contributed by atoms with van der Waals surface area (Å²) in [6.07, 6.45) is 1.43. The van der Waals surface area contributed by atoms with Gasteiger partial charge in [-0.15, -0.1) is 0 Å². The number of hydrogen-bond acceptors (Lipinski definition) is 7. The number of carbonyl (C=O) groups excluding carboxylic acids is 1. The molecule has 0 radical (unpaired) electrons. The van der Waals surface area contributed by atoms with Gasteiger partial charge in [0.1, 0.15) is 17.3 Å². The molecule has 2 saturated heterocycles. The van der Waals surface area contributed by atoms with Gasteiger partial charge in [0.15, 0.2) is 0 Å². The molecule has 2 fully saturated rings. The number of nitro benzene ring substituents is 1. The second kappa shape index (κ2) is 9.72. The highest BCUT2D eigenvalue weighted by molar-refractivity contribution is 5.79. The van der Waals surface area contributed by atoms with E-state index in [0.29, 0.717) is 44.7 Å². The Hall–Kier alpha value is -3.23. The van der Waals surface area contributed by atoms with Crippen LogP contribution in [0, 0.1) is 23.0 Å². The summed E-state index contributed by atoms with van der Waals surface area (Å²) in [6, 6.07) is 8.85. The second-order valence-electron chi connectivity index (χ2n) is 9.20. The number of para-hydroxylation sites is 2. The second-order valence-corrected chi connectivity index (χ2v) is 9.20. The highest BCUT2D eigenvalue weighted by Gasteiger charge is 2.32. The summed E-state index contributed by atoms with van der Waals surface area (Å²) >= 11 is 0. The Balaban J connectivity index is 1.33. The van der Waals surface area contributed by atoms with Gasteiger partial charge in [0, 0.05) is 68.9 Å². The molecular weight excluding hydrogens is 420 g/mol. The zero-order valence-electron chi connectivity index (χ0n) is 19.6. The molecule has 0 bridgehead atoms. The van der Waals surface area contributed by atoms with Crippen molar-refractivity contribution in [1.29, 1.82) is 0 Å². The first-order chi connectivity index (χ1) is 15.8. The van der Waals surface area contributed by atoms with Gasteiger partial charge in [-0.2, -0.15) is 0 Å². The molecular formula is C24H32N6O3. The Morgan fingerprint density at radius 2 is 1.70 bits per heavy atom. The minimum Gasteiger partial charge on any atom is -0.366 e. The summed E-state index contributed by atoms with van der Waals surface area (Å²) in [4.78, 5) is 39.7. The molecule has 3 heterocycles. The Labute approximate surface area is 194 Å². The number of benzene rings is 1. The number of piperazine rings is 1. The number of amides is 1. The van der Waals surface area contributed by atoms with Crippen LogP contribution in [0.4, 0.5) is 17.2 Å². The number of hydrogen-bond donors (Lipinski definition) is 0. The van der Waals surface area contributed by atoms with Gasteiger partial charge in [-0.25, -0.2) is 9.97 Å². The largest absolute Gasteiger partial charge is 0.366 e. The van der Waals surface area contributed by atoms with Gasteiger partial charge in [-0.3, -0.25) is 14.9 Å². The van der Waals surface area contributed by atoms with Crippen molar-refractivity contribution in [3.8, 4) is 0 Å². The molecule has 9 heteroatoms. The minimum atomic E-state index is -0.338. The molecule has 33 heavy (non-hydrogen) atoms. The maximum absolute atomic E-state index is 13.2. The van der Waals surface area contributed by atoms with E-state index in [1.807, 2.05) is 28.9 Å². The van der Waals surface area contributed by atoms with Crippen LogP contribution in [0.15, 0.2) is 30.3 Å². The third kappa shape index (κ3) is 5.07. The molecule has 9 nitrogen and oxygen atoms in total. The van der Waals surface area contributed by atoms with Crippen molar-refractivity contribution in [3.63, 3.8) is 0 Å². The average Bonchev–Trinajstić information content (AvgIpc) is 2.83. The van der Waals surface area contributed by atoms with Crippen LogP contribution in [0.1, 0.15) is 44.1 Å². The lowest BCUT2D eigenvalue weighted by Crippen LogP contribution is -2.52. The normalized spacial score (nSPS) is 17.5. The Morgan fingerprint density at radius 1 is 1.03 bits per heavy atom. The molecule has 0 aliphatic carbocycles. The summed E-state index contributed by atoms with van der Waals surface area (Å²) in [5.74, 6) is 2.25. The third-order valence-corrected chi connectivity index (χ3v) is 6.55. The van der Waals surface area contributed by atoms with Crippen molar-refractivity contribution in [1.82, 2.24) is 14.9 Å². The van der Waals surface area contributed by atoms with E-state index >= 15 is 0 Å². The lowest BCUT2D eigenvalue weighted by atomic mass is 9.94. The molecule has 0 unspecified atom stereocenters. The highest BCUT2D eigenvalue weighted by atomic mass is 16.6. The highest BCUT2D eigenvalue weighted by Crippen LogP contribution is 2.32. The lowest BCUT2D eigenvalue weighted by molar-refractivity contribution is -0.384. The summed E-state index contributed by atoms with van der Waals surface area (Å²) < 4.78 is 0. The first kappa shape index (κ1) is 22.9. The predicted octanol–water partition coefficient (Wildman–Crippen LogP) is 3.38. The van der Waals surface area contributed by atoms with E-state index in [1.165, 1.54) is 6.07 Å². The van der Waals surface area contributed by atoms with E-state index in [-0.39, 0.29) is 28.4 Å². The summed E-state index contributed by atoms with van der Waals surface area (Å²) in [6.45, 7) is 10.4. The fourth-order valence-corrected chi connectivity index (χ4v) is 4.66. The number of nitro groups is 1. The topological polar surface area (TPSA) is 95.7 Å². The van der Waals surface area contributed by atoms with E-state index < -0.39 is 0 Å². The van der Waals surface area contributed by atoms with Crippen LogP contribution in [-0.2, 0) is 4.79 Å². The summed E-state index contributed by atoms with van der Waals surface area (Å²) in [5, 5.41) is 11.3. The standard InChI is InChI=1S/C24H32N6O3/c1-17(2)23-25-18(3)16-22(26-23)28-12-14-29(15-13-28)24(31)19-8-10-27(11-9-19)20-6-4-5-7-21(20)30(32)33/h4-7,16-17,19H,8-15H2,1-3H3. The van der Waals surface area contributed by atoms with Crippen molar-refractivity contribution in [2.45, 2.75) is 39.5 Å². The van der Waals surface area contributed by atoms with Crippen molar-refractivity contribution in [2.75, 3.05) is 49.1 Å². The molecule has 0 spiro atoms. The van der Waals surface area contributed by atoms with E-state index in [1.54, 1.807) is 12.1 Å². The van der Waals surface area contributed by atoms with E-state index in [2.05, 4.69) is 23.7 Å². The molecule has 4 rings (SSSR count). The van der Waals surface area contributed by atoms with Gasteiger partial charge in [0.2, 0.25) is 5.91 Å². The van der Waals surface area contributed by atoms with Gasteiger partial charge in [0.05, 0.1) is 4.92 Å². The van der Waals surface area contributed by atoms with Crippen LogP contribution in [0.25, 0.3) is 0 Å². The van der Waals surface area contributed by atoms with Crippen LogP contribution in [0.2, 0.25) is 0 Å². The van der Waals surface area contributed by atoms with Gasteiger partial charge in [-0.1, -0.05) is 26.0 Å². The van der Waals surface area contributed by atoms with Crippen LogP contribution in [0.5, 0.6) is 0 Å². The third-order valence-electron chi connectivity index (χ3n) is 6.55. The molecule has 176 valence electrons. The molecule has 2 aliphatic rings. The molecule has 2 aromatic rings. The number of anilines is 2. The fraction of sp³-hybridized carbons (Fsp3) is 0.542. The Bertz CT molecular complexity index is 1010. The maximum Gasteiger partial charge on any atom is 0.292 e.